The molecule has 0 unspecified atom stereocenters. The predicted molar refractivity (Wildman–Crippen MR) is 94.9 cm³/mol. The second kappa shape index (κ2) is 7.73. The smallest absolute Gasteiger partial charge is 0.142 e. The lowest BCUT2D eigenvalue weighted by atomic mass is 10.1. The topological polar surface area (TPSA) is 41.5 Å². The molecule has 3 N–H and O–H groups in total. The van der Waals surface area contributed by atoms with E-state index in [4.69, 9.17) is 0 Å². The number of hydrogen-bond acceptors (Lipinski definition) is 3. The van der Waals surface area contributed by atoms with Crippen LogP contribution in [0.4, 0.5) is 0 Å². The molecular formula is C18H25N3OS+2. The lowest BCUT2D eigenvalue weighted by molar-refractivity contribution is -1.02. The first-order valence-corrected chi connectivity index (χ1v) is 9.09. The monoisotopic (exact) mass is 331 g/mol. The van der Waals surface area contributed by atoms with Crippen molar-refractivity contribution in [2.24, 2.45) is 4.99 Å². The minimum atomic E-state index is 0.291. The molecule has 2 heterocycles. The maximum atomic E-state index is 9.84. The Morgan fingerprint density at radius 1 is 1.17 bits per heavy atom. The van der Waals surface area contributed by atoms with E-state index in [1.54, 1.807) is 22.1 Å². The van der Waals surface area contributed by atoms with Crippen LogP contribution < -0.4 is 9.80 Å². The zero-order valence-electron chi connectivity index (χ0n) is 13.5. The molecule has 1 atom stereocenters. The SMILES string of the molecule is C[NH+]1CC[NH+]([C@H](CN=Cc2ccccc2O)c2cccs2)CC1. The molecule has 1 saturated heterocycles. The number of rotatable bonds is 5. The standard InChI is InChI=1S/C18H23N3OS/c1-20-8-10-21(11-9-20)16(18-7-4-12-23-18)14-19-13-15-5-2-3-6-17(15)22/h2-7,12-13,16,22H,8-11,14H2,1H3/p+2/t16-/m1/s1. The minimum Gasteiger partial charge on any atom is -0.507 e. The van der Waals surface area contributed by atoms with Crippen LogP contribution in [0.25, 0.3) is 0 Å². The summed E-state index contributed by atoms with van der Waals surface area (Å²) in [4.78, 5) is 9.31. The van der Waals surface area contributed by atoms with E-state index in [0.29, 0.717) is 11.8 Å². The molecule has 0 bridgehead atoms. The minimum absolute atomic E-state index is 0.291. The zero-order valence-corrected chi connectivity index (χ0v) is 14.4. The van der Waals surface area contributed by atoms with E-state index in [0.717, 1.165) is 12.1 Å². The second-order valence-corrected chi connectivity index (χ2v) is 7.22. The van der Waals surface area contributed by atoms with Gasteiger partial charge in [-0.3, -0.25) is 4.99 Å². The summed E-state index contributed by atoms with van der Waals surface area (Å²) in [5, 5.41) is 12.0. The van der Waals surface area contributed by atoms with Gasteiger partial charge in [0.2, 0.25) is 0 Å². The zero-order chi connectivity index (χ0) is 16.1. The molecule has 0 saturated carbocycles. The summed E-state index contributed by atoms with van der Waals surface area (Å²) >= 11 is 1.82. The molecule has 1 aromatic heterocycles. The number of aliphatic imine (C=N–C) groups is 1. The highest BCUT2D eigenvalue weighted by atomic mass is 32.1. The lowest BCUT2D eigenvalue weighted by Crippen LogP contribution is -3.27. The number of aromatic hydroxyl groups is 1. The fourth-order valence-corrected chi connectivity index (χ4v) is 3.99. The van der Waals surface area contributed by atoms with Crippen molar-refractivity contribution in [2.45, 2.75) is 6.04 Å². The Bertz CT molecular complexity index is 633. The third-order valence-electron chi connectivity index (χ3n) is 4.58. The maximum Gasteiger partial charge on any atom is 0.142 e. The number of para-hydroxylation sites is 1. The van der Waals surface area contributed by atoms with Crippen LogP contribution in [0.2, 0.25) is 0 Å². The van der Waals surface area contributed by atoms with Gasteiger partial charge in [-0.15, -0.1) is 11.3 Å². The van der Waals surface area contributed by atoms with Crippen molar-refractivity contribution < 1.29 is 14.9 Å². The van der Waals surface area contributed by atoms with Crippen molar-refractivity contribution in [3.05, 3.63) is 52.2 Å². The molecule has 2 aromatic rings. The van der Waals surface area contributed by atoms with Crippen molar-refractivity contribution in [1.82, 2.24) is 0 Å². The largest absolute Gasteiger partial charge is 0.507 e. The molecule has 0 aliphatic carbocycles. The molecule has 4 nitrogen and oxygen atoms in total. The van der Waals surface area contributed by atoms with Gasteiger partial charge in [0.05, 0.1) is 18.5 Å². The van der Waals surface area contributed by atoms with E-state index in [1.165, 1.54) is 31.1 Å². The van der Waals surface area contributed by atoms with Gasteiger partial charge in [0.25, 0.3) is 0 Å². The summed E-state index contributed by atoms with van der Waals surface area (Å²) < 4.78 is 0. The number of hydrogen-bond donors (Lipinski definition) is 3. The van der Waals surface area contributed by atoms with Crippen LogP contribution in [0.15, 0.2) is 46.8 Å². The molecule has 1 fully saturated rings. The number of thiophene rings is 1. The van der Waals surface area contributed by atoms with Gasteiger partial charge in [-0.25, -0.2) is 0 Å². The van der Waals surface area contributed by atoms with Crippen LogP contribution in [-0.4, -0.2) is 51.1 Å². The third-order valence-corrected chi connectivity index (χ3v) is 5.57. The van der Waals surface area contributed by atoms with Gasteiger partial charge in [-0.05, 0) is 23.6 Å². The van der Waals surface area contributed by atoms with Gasteiger partial charge >= 0.3 is 0 Å². The van der Waals surface area contributed by atoms with Crippen molar-refractivity contribution in [3.63, 3.8) is 0 Å². The third kappa shape index (κ3) is 4.19. The molecule has 0 spiro atoms. The summed E-state index contributed by atoms with van der Waals surface area (Å²) in [7, 11) is 2.27. The summed E-state index contributed by atoms with van der Waals surface area (Å²) in [5.74, 6) is 0.291. The fourth-order valence-electron chi connectivity index (χ4n) is 3.11. The van der Waals surface area contributed by atoms with E-state index in [2.05, 4.69) is 29.6 Å². The van der Waals surface area contributed by atoms with Gasteiger partial charge in [-0.2, -0.15) is 0 Å². The quantitative estimate of drug-likeness (QED) is 0.665. The van der Waals surface area contributed by atoms with E-state index in [1.807, 2.05) is 29.5 Å². The number of likely N-dealkylation sites (N-methyl/N-ethyl adjacent to an activating group) is 1. The Kier molecular flexibility index (Phi) is 5.43. The summed E-state index contributed by atoms with van der Waals surface area (Å²) in [5.41, 5.74) is 0.787. The summed E-state index contributed by atoms with van der Waals surface area (Å²) in [6.07, 6.45) is 1.80. The highest BCUT2D eigenvalue weighted by Crippen LogP contribution is 2.18. The normalized spacial score (nSPS) is 23.2. The molecule has 0 amide bonds. The van der Waals surface area contributed by atoms with E-state index >= 15 is 0 Å². The Morgan fingerprint density at radius 2 is 1.96 bits per heavy atom. The first kappa shape index (κ1) is 16.2. The Morgan fingerprint density at radius 3 is 2.65 bits per heavy atom. The average molecular weight is 331 g/mol. The number of nitrogens with one attached hydrogen (secondary N) is 2. The average Bonchev–Trinajstić information content (AvgIpc) is 3.08. The van der Waals surface area contributed by atoms with Crippen molar-refractivity contribution in [3.8, 4) is 5.75 Å². The van der Waals surface area contributed by atoms with E-state index < -0.39 is 0 Å². The molecule has 3 rings (SSSR count). The van der Waals surface area contributed by atoms with Crippen LogP contribution in [0.1, 0.15) is 16.5 Å². The van der Waals surface area contributed by atoms with Gasteiger partial charge < -0.3 is 14.9 Å². The number of piperazine rings is 1. The number of phenolic OH excluding ortho intramolecular Hbond substituents is 1. The van der Waals surface area contributed by atoms with Crippen LogP contribution >= 0.6 is 11.3 Å². The van der Waals surface area contributed by atoms with Crippen LogP contribution in [0.3, 0.4) is 0 Å². The predicted octanol–water partition coefficient (Wildman–Crippen LogP) is 0.0271. The number of nitrogens with zero attached hydrogens (tertiary/aromatic N) is 1. The lowest BCUT2D eigenvalue weighted by Gasteiger charge is -2.32. The van der Waals surface area contributed by atoms with Crippen LogP contribution in [0.5, 0.6) is 5.75 Å². The summed E-state index contributed by atoms with van der Waals surface area (Å²) in [6.45, 7) is 5.60. The van der Waals surface area contributed by atoms with Crippen LogP contribution in [0, 0.1) is 0 Å². The van der Waals surface area contributed by atoms with Crippen molar-refractivity contribution in [2.75, 3.05) is 39.8 Å². The van der Waals surface area contributed by atoms with Crippen molar-refractivity contribution in [1.29, 1.82) is 0 Å². The van der Waals surface area contributed by atoms with E-state index in [9.17, 15) is 5.11 Å². The second-order valence-electron chi connectivity index (χ2n) is 6.24. The number of benzene rings is 1. The highest BCUT2D eigenvalue weighted by Gasteiger charge is 2.29. The van der Waals surface area contributed by atoms with Gasteiger partial charge in [0.15, 0.2) is 0 Å². The van der Waals surface area contributed by atoms with Gasteiger partial charge in [-0.1, -0.05) is 18.2 Å². The molecular weight excluding hydrogens is 306 g/mol. The van der Waals surface area contributed by atoms with E-state index in [-0.39, 0.29) is 0 Å². The van der Waals surface area contributed by atoms with Crippen molar-refractivity contribution >= 4 is 17.6 Å². The Balaban J connectivity index is 1.71. The highest BCUT2D eigenvalue weighted by molar-refractivity contribution is 7.10. The fraction of sp³-hybridized carbons (Fsp3) is 0.389. The Hall–Kier alpha value is -1.69. The molecule has 5 heteroatoms. The molecule has 0 radical (unpaired) electrons. The van der Waals surface area contributed by atoms with Crippen LogP contribution in [-0.2, 0) is 0 Å². The first-order chi connectivity index (χ1) is 11.2. The molecule has 1 aromatic carbocycles. The molecule has 122 valence electrons. The first-order valence-electron chi connectivity index (χ1n) is 8.21. The number of phenols is 1. The molecule has 23 heavy (non-hydrogen) atoms. The van der Waals surface area contributed by atoms with Gasteiger partial charge in [0.1, 0.15) is 38.0 Å². The Labute approximate surface area is 141 Å². The number of quaternary nitrogens is 2. The molecule has 1 aliphatic heterocycles. The molecule has 1 aliphatic rings. The maximum absolute atomic E-state index is 9.84. The summed E-state index contributed by atoms with van der Waals surface area (Å²) in [6, 6.07) is 12.1. The van der Waals surface area contributed by atoms with Gasteiger partial charge in [0, 0.05) is 11.8 Å².